The molecule has 0 bridgehead atoms. The lowest BCUT2D eigenvalue weighted by Gasteiger charge is -2.31. The first-order valence-corrected chi connectivity index (χ1v) is 11.0. The smallest absolute Gasteiger partial charge is 0.242 e. The van der Waals surface area contributed by atoms with Crippen LogP contribution in [0.3, 0.4) is 0 Å². The Bertz CT molecular complexity index is 860. The summed E-state index contributed by atoms with van der Waals surface area (Å²) < 4.78 is 0. The minimum Gasteiger partial charge on any atom is -0.354 e. The standard InChI is InChI=1S/C26H36N2O2/c1-6-8-14-27-26(30)24(7-2)28(18-23-11-9-10-19(3)15-23)25(29)17-22-13-12-20(4)21(5)16-22/h9-13,15-16,24H,6-8,14,17-18H2,1-5H3,(H,27,30)/t24-/m1/s1. The summed E-state index contributed by atoms with van der Waals surface area (Å²) >= 11 is 0. The minimum absolute atomic E-state index is 0.0164. The van der Waals surface area contributed by atoms with Gasteiger partial charge in [-0.05, 0) is 55.9 Å². The molecule has 2 aromatic rings. The van der Waals surface area contributed by atoms with Crippen molar-refractivity contribution >= 4 is 11.8 Å². The van der Waals surface area contributed by atoms with Gasteiger partial charge in [0, 0.05) is 13.1 Å². The number of hydrogen-bond acceptors (Lipinski definition) is 2. The molecule has 0 aliphatic rings. The zero-order valence-electron chi connectivity index (χ0n) is 19.1. The number of aryl methyl sites for hydroxylation is 3. The summed E-state index contributed by atoms with van der Waals surface area (Å²) in [6.07, 6.45) is 2.85. The van der Waals surface area contributed by atoms with E-state index in [0.717, 1.165) is 29.5 Å². The number of nitrogens with one attached hydrogen (secondary N) is 1. The molecule has 0 spiro atoms. The highest BCUT2D eigenvalue weighted by Gasteiger charge is 2.28. The van der Waals surface area contributed by atoms with E-state index in [1.807, 2.05) is 38.1 Å². The largest absolute Gasteiger partial charge is 0.354 e. The van der Waals surface area contributed by atoms with Crippen molar-refractivity contribution in [3.05, 3.63) is 70.3 Å². The third kappa shape index (κ3) is 6.72. The van der Waals surface area contributed by atoms with Crippen molar-refractivity contribution in [3.63, 3.8) is 0 Å². The highest BCUT2D eigenvalue weighted by molar-refractivity contribution is 5.88. The number of rotatable bonds is 10. The van der Waals surface area contributed by atoms with Crippen molar-refractivity contribution in [1.29, 1.82) is 0 Å². The average molecular weight is 409 g/mol. The van der Waals surface area contributed by atoms with Crippen molar-refractivity contribution in [1.82, 2.24) is 10.2 Å². The SMILES string of the molecule is CCCCNC(=O)[C@@H](CC)N(Cc1cccc(C)c1)C(=O)Cc1ccc(C)c(C)c1. The van der Waals surface area contributed by atoms with Crippen LogP contribution in [0, 0.1) is 20.8 Å². The summed E-state index contributed by atoms with van der Waals surface area (Å²) in [5.74, 6) is -0.0794. The van der Waals surface area contributed by atoms with E-state index in [4.69, 9.17) is 0 Å². The Kier molecular flexibility index (Phi) is 9.10. The monoisotopic (exact) mass is 408 g/mol. The van der Waals surface area contributed by atoms with Gasteiger partial charge in [-0.2, -0.15) is 0 Å². The number of benzene rings is 2. The lowest BCUT2D eigenvalue weighted by Crippen LogP contribution is -2.49. The predicted octanol–water partition coefficient (Wildman–Crippen LogP) is 4.88. The Morgan fingerprint density at radius 3 is 2.37 bits per heavy atom. The lowest BCUT2D eigenvalue weighted by atomic mass is 10.0. The molecule has 30 heavy (non-hydrogen) atoms. The van der Waals surface area contributed by atoms with Gasteiger partial charge >= 0.3 is 0 Å². The molecule has 0 radical (unpaired) electrons. The third-order valence-corrected chi connectivity index (χ3v) is 5.58. The normalized spacial score (nSPS) is 11.8. The predicted molar refractivity (Wildman–Crippen MR) is 123 cm³/mol. The summed E-state index contributed by atoms with van der Waals surface area (Å²) in [6.45, 7) is 11.3. The highest BCUT2D eigenvalue weighted by atomic mass is 16.2. The number of amides is 2. The van der Waals surface area contributed by atoms with Crippen molar-refractivity contribution in [2.75, 3.05) is 6.54 Å². The van der Waals surface area contributed by atoms with Crippen LogP contribution in [0.2, 0.25) is 0 Å². The van der Waals surface area contributed by atoms with E-state index in [1.54, 1.807) is 4.90 Å². The summed E-state index contributed by atoms with van der Waals surface area (Å²) in [5, 5.41) is 3.01. The van der Waals surface area contributed by atoms with E-state index >= 15 is 0 Å². The van der Waals surface area contributed by atoms with Gasteiger partial charge in [0.2, 0.25) is 11.8 Å². The first kappa shape index (κ1) is 23.7. The second kappa shape index (κ2) is 11.5. The molecular weight excluding hydrogens is 372 g/mol. The average Bonchev–Trinajstić information content (AvgIpc) is 2.71. The maximum Gasteiger partial charge on any atom is 0.242 e. The third-order valence-electron chi connectivity index (χ3n) is 5.58. The van der Waals surface area contributed by atoms with Crippen LogP contribution >= 0.6 is 0 Å². The van der Waals surface area contributed by atoms with Crippen LogP contribution in [-0.2, 0) is 22.6 Å². The second-order valence-corrected chi connectivity index (χ2v) is 8.17. The van der Waals surface area contributed by atoms with Crippen LogP contribution in [0.25, 0.3) is 0 Å². The summed E-state index contributed by atoms with van der Waals surface area (Å²) in [7, 11) is 0. The highest BCUT2D eigenvalue weighted by Crippen LogP contribution is 2.17. The lowest BCUT2D eigenvalue weighted by molar-refractivity contribution is -0.140. The van der Waals surface area contributed by atoms with Gasteiger partial charge in [-0.1, -0.05) is 68.3 Å². The van der Waals surface area contributed by atoms with Gasteiger partial charge in [-0.25, -0.2) is 0 Å². The Balaban J connectivity index is 2.26. The number of unbranched alkanes of at least 4 members (excludes halogenated alkanes) is 1. The molecular formula is C26H36N2O2. The van der Waals surface area contributed by atoms with Gasteiger partial charge in [0.15, 0.2) is 0 Å². The number of hydrogen-bond donors (Lipinski definition) is 1. The molecule has 2 aromatic carbocycles. The van der Waals surface area contributed by atoms with E-state index < -0.39 is 6.04 Å². The Morgan fingerprint density at radius 2 is 1.73 bits per heavy atom. The van der Waals surface area contributed by atoms with Crippen LogP contribution in [0.5, 0.6) is 0 Å². The van der Waals surface area contributed by atoms with Crippen molar-refractivity contribution in [3.8, 4) is 0 Å². The van der Waals surface area contributed by atoms with Crippen LogP contribution in [-0.4, -0.2) is 29.3 Å². The summed E-state index contributed by atoms with van der Waals surface area (Å²) in [5.41, 5.74) is 5.57. The minimum atomic E-state index is -0.471. The van der Waals surface area contributed by atoms with Crippen molar-refractivity contribution < 1.29 is 9.59 Å². The zero-order valence-corrected chi connectivity index (χ0v) is 19.1. The molecule has 4 heteroatoms. The molecule has 1 N–H and O–H groups in total. The zero-order chi connectivity index (χ0) is 22.1. The molecule has 162 valence electrons. The Morgan fingerprint density at radius 1 is 0.967 bits per heavy atom. The number of carbonyl (C=O) groups excluding carboxylic acids is 2. The summed E-state index contributed by atoms with van der Waals surface area (Å²) in [4.78, 5) is 28.0. The first-order chi connectivity index (χ1) is 14.3. The van der Waals surface area contributed by atoms with Crippen LogP contribution in [0.15, 0.2) is 42.5 Å². The fourth-order valence-corrected chi connectivity index (χ4v) is 3.62. The molecule has 0 aromatic heterocycles. The molecule has 0 fully saturated rings. The molecule has 2 amide bonds. The van der Waals surface area contributed by atoms with E-state index in [1.165, 1.54) is 11.1 Å². The van der Waals surface area contributed by atoms with Gasteiger partial charge in [0.25, 0.3) is 0 Å². The van der Waals surface area contributed by atoms with Gasteiger partial charge in [-0.15, -0.1) is 0 Å². The van der Waals surface area contributed by atoms with Gasteiger partial charge in [0.05, 0.1) is 6.42 Å². The number of nitrogens with zero attached hydrogens (tertiary/aromatic N) is 1. The quantitative estimate of drug-likeness (QED) is 0.570. The second-order valence-electron chi connectivity index (χ2n) is 8.17. The van der Waals surface area contributed by atoms with Crippen molar-refractivity contribution in [2.24, 2.45) is 0 Å². The Labute approximate surface area is 181 Å². The van der Waals surface area contributed by atoms with E-state index in [9.17, 15) is 9.59 Å². The van der Waals surface area contributed by atoms with Crippen LogP contribution in [0.4, 0.5) is 0 Å². The molecule has 0 aliphatic heterocycles. The molecule has 4 nitrogen and oxygen atoms in total. The number of carbonyl (C=O) groups is 2. The van der Waals surface area contributed by atoms with Gasteiger partial charge in [-0.3, -0.25) is 9.59 Å². The first-order valence-electron chi connectivity index (χ1n) is 11.0. The fraction of sp³-hybridized carbons (Fsp3) is 0.462. The molecule has 0 saturated heterocycles. The van der Waals surface area contributed by atoms with Crippen LogP contribution in [0.1, 0.15) is 60.9 Å². The van der Waals surface area contributed by atoms with Crippen LogP contribution < -0.4 is 5.32 Å². The van der Waals surface area contributed by atoms with E-state index in [-0.39, 0.29) is 11.8 Å². The molecule has 0 heterocycles. The maximum absolute atomic E-state index is 13.4. The van der Waals surface area contributed by atoms with E-state index in [2.05, 4.69) is 44.3 Å². The topological polar surface area (TPSA) is 49.4 Å². The van der Waals surface area contributed by atoms with Crippen molar-refractivity contribution in [2.45, 2.75) is 72.9 Å². The molecule has 2 rings (SSSR count). The Hall–Kier alpha value is -2.62. The van der Waals surface area contributed by atoms with Gasteiger partial charge in [0.1, 0.15) is 6.04 Å². The molecule has 0 saturated carbocycles. The molecule has 0 aliphatic carbocycles. The maximum atomic E-state index is 13.4. The molecule has 0 unspecified atom stereocenters. The van der Waals surface area contributed by atoms with Gasteiger partial charge < -0.3 is 10.2 Å². The fourth-order valence-electron chi connectivity index (χ4n) is 3.62. The molecule has 1 atom stereocenters. The van der Waals surface area contributed by atoms with E-state index in [0.29, 0.717) is 25.9 Å². The summed E-state index contributed by atoms with van der Waals surface area (Å²) in [6, 6.07) is 13.8.